The Bertz CT molecular complexity index is 924. The normalized spacial score (nSPS) is 12.8. The van der Waals surface area contributed by atoms with Crippen molar-refractivity contribution in [3.8, 4) is 17.2 Å². The number of phenolic OH excluding ortho intramolecular Hbond substituents is 1. The number of nitrogens with one attached hydrogen (secondary N) is 1. The van der Waals surface area contributed by atoms with Crippen LogP contribution in [0.5, 0.6) is 17.2 Å². The molecule has 1 aromatic carbocycles. The van der Waals surface area contributed by atoms with E-state index in [1.807, 2.05) is 47.6 Å². The first-order chi connectivity index (χ1) is 15.0. The smallest absolute Gasteiger partial charge is 0.333 e. The Morgan fingerprint density at radius 2 is 1.53 bits per heavy atom. The maximum atomic E-state index is 13.7. The van der Waals surface area contributed by atoms with Gasteiger partial charge in [0.25, 0.3) is 0 Å². The quantitative estimate of drug-likeness (QED) is 0.412. The first kappa shape index (κ1) is 26.0. The molecule has 1 heterocycles. The monoisotopic (exact) mass is 466 g/mol. The van der Waals surface area contributed by atoms with Crippen LogP contribution in [0.1, 0.15) is 50.6 Å². The Morgan fingerprint density at radius 1 is 1.00 bits per heavy atom. The van der Waals surface area contributed by atoms with Crippen molar-refractivity contribution in [3.63, 3.8) is 0 Å². The SMILES string of the molecule is COc1cc(C(CP(=O)(OC(C)C)OC(C)C)Nc2cnc(C)cc2C)cc(OC)c1O. The van der Waals surface area contributed by atoms with E-state index in [9.17, 15) is 9.67 Å². The average Bonchev–Trinajstić information content (AvgIpc) is 2.68. The molecule has 0 fully saturated rings. The fourth-order valence-electron chi connectivity index (χ4n) is 3.36. The Hall–Kier alpha value is -2.28. The van der Waals surface area contributed by atoms with Gasteiger partial charge in [-0.1, -0.05) is 0 Å². The summed E-state index contributed by atoms with van der Waals surface area (Å²) in [5.41, 5.74) is 3.36. The summed E-state index contributed by atoms with van der Waals surface area (Å²) >= 11 is 0. The summed E-state index contributed by atoms with van der Waals surface area (Å²) < 4.78 is 35.9. The lowest BCUT2D eigenvalue weighted by Crippen LogP contribution is -2.20. The lowest BCUT2D eigenvalue weighted by atomic mass is 10.1. The van der Waals surface area contributed by atoms with E-state index in [0.29, 0.717) is 5.56 Å². The van der Waals surface area contributed by atoms with Gasteiger partial charge in [-0.15, -0.1) is 0 Å². The molecule has 0 spiro atoms. The topological polar surface area (TPSA) is 99.1 Å². The van der Waals surface area contributed by atoms with Gasteiger partial charge in [0.05, 0.1) is 50.5 Å². The molecule has 0 aliphatic carbocycles. The average molecular weight is 467 g/mol. The van der Waals surface area contributed by atoms with E-state index in [0.717, 1.165) is 16.9 Å². The van der Waals surface area contributed by atoms with E-state index < -0.39 is 13.6 Å². The third kappa shape index (κ3) is 6.86. The fourth-order valence-corrected chi connectivity index (χ4v) is 5.62. The van der Waals surface area contributed by atoms with Gasteiger partial charge in [0.2, 0.25) is 5.75 Å². The van der Waals surface area contributed by atoms with Gasteiger partial charge in [-0.25, -0.2) is 0 Å². The number of phenols is 1. The number of aryl methyl sites for hydroxylation is 2. The van der Waals surface area contributed by atoms with E-state index in [4.69, 9.17) is 18.5 Å². The van der Waals surface area contributed by atoms with E-state index in [1.165, 1.54) is 14.2 Å². The molecule has 2 rings (SSSR count). The van der Waals surface area contributed by atoms with Crippen molar-refractivity contribution in [1.82, 2.24) is 4.98 Å². The zero-order chi connectivity index (χ0) is 24.1. The Labute approximate surface area is 190 Å². The second-order valence-electron chi connectivity index (χ2n) is 8.21. The van der Waals surface area contributed by atoms with Crippen LogP contribution in [0, 0.1) is 13.8 Å². The molecule has 2 N–H and O–H groups in total. The molecule has 0 aliphatic heterocycles. The molecule has 0 saturated carbocycles. The lowest BCUT2D eigenvalue weighted by molar-refractivity contribution is 0.142. The number of aromatic hydroxyl groups is 1. The third-order valence-corrected chi connectivity index (χ3v) is 6.93. The van der Waals surface area contributed by atoms with Crippen LogP contribution in [0.3, 0.4) is 0 Å². The Morgan fingerprint density at radius 3 is 1.97 bits per heavy atom. The minimum Gasteiger partial charge on any atom is -0.502 e. The zero-order valence-electron chi connectivity index (χ0n) is 20.1. The number of ether oxygens (including phenoxy) is 2. The molecule has 8 nitrogen and oxygen atoms in total. The first-order valence-electron chi connectivity index (χ1n) is 10.6. The largest absolute Gasteiger partial charge is 0.502 e. The van der Waals surface area contributed by atoms with Crippen molar-refractivity contribution >= 4 is 13.3 Å². The minimum atomic E-state index is -3.50. The number of hydrogen-bond donors (Lipinski definition) is 2. The number of anilines is 1. The van der Waals surface area contributed by atoms with Crippen molar-refractivity contribution in [2.75, 3.05) is 25.7 Å². The Balaban J connectivity index is 2.57. The summed E-state index contributed by atoms with van der Waals surface area (Å²) in [5.74, 6) is 0.384. The number of pyridine rings is 1. The highest BCUT2D eigenvalue weighted by Crippen LogP contribution is 2.54. The van der Waals surface area contributed by atoms with Crippen LogP contribution in [-0.2, 0) is 13.6 Å². The predicted molar refractivity (Wildman–Crippen MR) is 126 cm³/mol. The minimum absolute atomic E-state index is 0.0494. The molecule has 1 atom stereocenters. The zero-order valence-corrected chi connectivity index (χ0v) is 21.0. The first-order valence-corrected chi connectivity index (χ1v) is 12.3. The summed E-state index contributed by atoms with van der Waals surface area (Å²) in [6, 6.07) is 4.82. The number of aromatic nitrogens is 1. The number of rotatable bonds is 11. The van der Waals surface area contributed by atoms with Crippen LogP contribution in [-0.4, -0.2) is 42.7 Å². The van der Waals surface area contributed by atoms with Gasteiger partial charge in [0.15, 0.2) is 11.5 Å². The van der Waals surface area contributed by atoms with Crippen LogP contribution in [0.25, 0.3) is 0 Å². The van der Waals surface area contributed by atoms with Crippen molar-refractivity contribution in [2.24, 2.45) is 0 Å². The van der Waals surface area contributed by atoms with E-state index in [1.54, 1.807) is 18.3 Å². The van der Waals surface area contributed by atoms with Crippen LogP contribution >= 0.6 is 7.60 Å². The van der Waals surface area contributed by atoms with Crippen LogP contribution in [0.15, 0.2) is 24.4 Å². The van der Waals surface area contributed by atoms with Gasteiger partial charge >= 0.3 is 7.60 Å². The molecule has 0 radical (unpaired) electrons. The molecule has 0 aliphatic rings. The molecule has 1 unspecified atom stereocenters. The summed E-state index contributed by atoms with van der Waals surface area (Å²) in [4.78, 5) is 4.38. The summed E-state index contributed by atoms with van der Waals surface area (Å²) in [5, 5.41) is 13.8. The summed E-state index contributed by atoms with van der Waals surface area (Å²) in [6.45, 7) is 11.2. The summed E-state index contributed by atoms with van der Waals surface area (Å²) in [7, 11) is -0.577. The molecule has 0 saturated heterocycles. The Kier molecular flexibility index (Phi) is 8.96. The van der Waals surface area contributed by atoms with Gasteiger partial charge in [0.1, 0.15) is 0 Å². The molecule has 1 aromatic heterocycles. The van der Waals surface area contributed by atoms with Gasteiger partial charge in [0, 0.05) is 5.69 Å². The van der Waals surface area contributed by atoms with Crippen LogP contribution < -0.4 is 14.8 Å². The molecule has 0 bridgehead atoms. The maximum absolute atomic E-state index is 13.7. The van der Waals surface area contributed by atoms with E-state index in [-0.39, 0.29) is 35.6 Å². The highest BCUT2D eigenvalue weighted by Gasteiger charge is 2.33. The molecule has 178 valence electrons. The van der Waals surface area contributed by atoms with Crippen molar-refractivity contribution in [3.05, 3.63) is 41.2 Å². The number of methoxy groups -OCH3 is 2. The van der Waals surface area contributed by atoms with Crippen LogP contribution in [0.2, 0.25) is 0 Å². The van der Waals surface area contributed by atoms with Crippen LogP contribution in [0.4, 0.5) is 5.69 Å². The lowest BCUT2D eigenvalue weighted by Gasteiger charge is -2.29. The maximum Gasteiger partial charge on any atom is 0.333 e. The third-order valence-electron chi connectivity index (χ3n) is 4.63. The standard InChI is InChI=1S/C23H35N2O6P/c1-14(2)30-32(27,31-15(3)4)13-20(25-19-12-24-17(6)9-16(19)5)18-10-21(28-7)23(26)22(11-18)29-8/h9-12,14-15,20,25-26H,13H2,1-8H3. The van der Waals surface area contributed by atoms with Crippen molar-refractivity contribution < 1.29 is 28.2 Å². The molecular weight excluding hydrogens is 431 g/mol. The van der Waals surface area contributed by atoms with E-state index >= 15 is 0 Å². The molecule has 2 aromatic rings. The van der Waals surface area contributed by atoms with Gasteiger partial charge < -0.3 is 28.9 Å². The highest BCUT2D eigenvalue weighted by atomic mass is 31.2. The molecule has 9 heteroatoms. The van der Waals surface area contributed by atoms with Crippen molar-refractivity contribution in [1.29, 1.82) is 0 Å². The van der Waals surface area contributed by atoms with Gasteiger partial charge in [-0.3, -0.25) is 9.55 Å². The predicted octanol–water partition coefficient (Wildman–Crippen LogP) is 5.62. The number of nitrogens with zero attached hydrogens (tertiary/aromatic N) is 1. The highest BCUT2D eigenvalue weighted by molar-refractivity contribution is 7.53. The van der Waals surface area contributed by atoms with Crippen molar-refractivity contribution in [2.45, 2.75) is 59.8 Å². The molecule has 32 heavy (non-hydrogen) atoms. The second-order valence-corrected chi connectivity index (χ2v) is 10.2. The molecule has 0 amide bonds. The van der Waals surface area contributed by atoms with Gasteiger partial charge in [-0.2, -0.15) is 0 Å². The number of hydrogen-bond acceptors (Lipinski definition) is 8. The fraction of sp³-hybridized carbons (Fsp3) is 0.522. The van der Waals surface area contributed by atoms with Gasteiger partial charge in [-0.05, 0) is 70.9 Å². The second kappa shape index (κ2) is 11.0. The molecular formula is C23H35N2O6P. The number of benzene rings is 1. The van der Waals surface area contributed by atoms with E-state index in [2.05, 4.69) is 10.3 Å². The summed E-state index contributed by atoms with van der Waals surface area (Å²) in [6.07, 6.45) is 1.22.